The SMILES string of the molecule is CC(C)(C)c1ccc(C(=O)Nc2cnc3nc[nH]c3c2)cc1. The first-order chi connectivity index (χ1) is 10.4. The number of hydrogen-bond donors (Lipinski definition) is 2. The molecule has 112 valence electrons. The first kappa shape index (κ1) is 14.3. The molecule has 0 saturated carbocycles. The van der Waals surface area contributed by atoms with Gasteiger partial charge < -0.3 is 10.3 Å². The summed E-state index contributed by atoms with van der Waals surface area (Å²) < 4.78 is 0. The van der Waals surface area contributed by atoms with Crippen LogP contribution in [0.1, 0.15) is 36.7 Å². The van der Waals surface area contributed by atoms with Crippen molar-refractivity contribution in [1.82, 2.24) is 15.0 Å². The van der Waals surface area contributed by atoms with Gasteiger partial charge in [-0.15, -0.1) is 0 Å². The summed E-state index contributed by atoms with van der Waals surface area (Å²) in [4.78, 5) is 23.5. The summed E-state index contributed by atoms with van der Waals surface area (Å²) in [7, 11) is 0. The molecule has 2 aromatic heterocycles. The number of H-pyrrole nitrogens is 1. The second kappa shape index (κ2) is 5.26. The Kier molecular flexibility index (Phi) is 3.41. The van der Waals surface area contributed by atoms with Gasteiger partial charge in [0.1, 0.15) is 0 Å². The molecule has 5 nitrogen and oxygen atoms in total. The van der Waals surface area contributed by atoms with Crippen LogP contribution in [0.5, 0.6) is 0 Å². The molecule has 2 N–H and O–H groups in total. The van der Waals surface area contributed by atoms with E-state index in [2.05, 4.69) is 41.0 Å². The van der Waals surface area contributed by atoms with Crippen molar-refractivity contribution in [3.63, 3.8) is 0 Å². The van der Waals surface area contributed by atoms with Crippen LogP contribution in [0, 0.1) is 0 Å². The first-order valence-corrected chi connectivity index (χ1v) is 7.14. The number of nitrogens with zero attached hydrogens (tertiary/aromatic N) is 2. The number of benzene rings is 1. The molecular weight excluding hydrogens is 276 g/mol. The lowest BCUT2D eigenvalue weighted by Gasteiger charge is -2.19. The Balaban J connectivity index is 1.78. The van der Waals surface area contributed by atoms with Crippen LogP contribution in [0.15, 0.2) is 42.9 Å². The van der Waals surface area contributed by atoms with Crippen LogP contribution in [0.4, 0.5) is 5.69 Å². The zero-order valence-electron chi connectivity index (χ0n) is 12.8. The number of anilines is 1. The monoisotopic (exact) mass is 294 g/mol. The normalized spacial score (nSPS) is 11.6. The quantitative estimate of drug-likeness (QED) is 0.760. The fourth-order valence-corrected chi connectivity index (χ4v) is 2.22. The van der Waals surface area contributed by atoms with Gasteiger partial charge in [0.2, 0.25) is 0 Å². The van der Waals surface area contributed by atoms with E-state index < -0.39 is 0 Å². The minimum Gasteiger partial charge on any atom is -0.343 e. The number of fused-ring (bicyclic) bond motifs is 1. The van der Waals surface area contributed by atoms with Gasteiger partial charge >= 0.3 is 0 Å². The fourth-order valence-electron chi connectivity index (χ4n) is 2.22. The van der Waals surface area contributed by atoms with Crippen LogP contribution >= 0.6 is 0 Å². The highest BCUT2D eigenvalue weighted by molar-refractivity contribution is 6.04. The van der Waals surface area contributed by atoms with E-state index in [4.69, 9.17) is 0 Å². The number of nitrogens with one attached hydrogen (secondary N) is 2. The summed E-state index contributed by atoms with van der Waals surface area (Å²) in [6, 6.07) is 9.49. The Morgan fingerprint density at radius 1 is 1.14 bits per heavy atom. The second-order valence-corrected chi connectivity index (χ2v) is 6.28. The molecule has 1 amide bonds. The van der Waals surface area contributed by atoms with Crippen molar-refractivity contribution in [2.75, 3.05) is 5.32 Å². The molecule has 0 aliphatic rings. The number of rotatable bonds is 2. The van der Waals surface area contributed by atoms with Gasteiger partial charge in [0.15, 0.2) is 5.65 Å². The number of aromatic amines is 1. The van der Waals surface area contributed by atoms with Crippen LogP contribution in [0.25, 0.3) is 11.2 Å². The number of pyridine rings is 1. The zero-order chi connectivity index (χ0) is 15.7. The lowest BCUT2D eigenvalue weighted by Crippen LogP contribution is -2.14. The first-order valence-electron chi connectivity index (χ1n) is 7.14. The highest BCUT2D eigenvalue weighted by atomic mass is 16.1. The highest BCUT2D eigenvalue weighted by Gasteiger charge is 2.14. The van der Waals surface area contributed by atoms with E-state index in [-0.39, 0.29) is 11.3 Å². The molecule has 2 heterocycles. The maximum absolute atomic E-state index is 12.3. The van der Waals surface area contributed by atoms with E-state index in [1.165, 1.54) is 5.56 Å². The van der Waals surface area contributed by atoms with E-state index in [1.807, 2.05) is 30.3 Å². The Labute approximate surface area is 128 Å². The molecular formula is C17H18N4O. The molecule has 1 aromatic carbocycles. The average Bonchev–Trinajstić information content (AvgIpc) is 2.94. The topological polar surface area (TPSA) is 70.7 Å². The van der Waals surface area contributed by atoms with Crippen molar-refractivity contribution in [3.05, 3.63) is 54.0 Å². The van der Waals surface area contributed by atoms with E-state index in [9.17, 15) is 4.79 Å². The number of aromatic nitrogens is 3. The predicted molar refractivity (Wildman–Crippen MR) is 87.0 cm³/mol. The van der Waals surface area contributed by atoms with Crippen molar-refractivity contribution < 1.29 is 4.79 Å². The number of imidazole rings is 1. The third kappa shape index (κ3) is 2.83. The Morgan fingerprint density at radius 3 is 2.55 bits per heavy atom. The minimum atomic E-state index is -0.152. The molecule has 0 fully saturated rings. The van der Waals surface area contributed by atoms with Crippen molar-refractivity contribution in [3.8, 4) is 0 Å². The smallest absolute Gasteiger partial charge is 0.255 e. The number of carbonyl (C=O) groups is 1. The summed E-state index contributed by atoms with van der Waals surface area (Å²) in [6.45, 7) is 6.44. The molecule has 3 rings (SSSR count). The third-order valence-corrected chi connectivity index (χ3v) is 3.54. The Hall–Kier alpha value is -2.69. The molecule has 5 heteroatoms. The maximum Gasteiger partial charge on any atom is 0.255 e. The predicted octanol–water partition coefficient (Wildman–Crippen LogP) is 3.51. The third-order valence-electron chi connectivity index (χ3n) is 3.54. The lowest BCUT2D eigenvalue weighted by molar-refractivity contribution is 0.102. The van der Waals surface area contributed by atoms with Crippen LogP contribution in [-0.2, 0) is 5.41 Å². The zero-order valence-corrected chi connectivity index (χ0v) is 12.8. The number of hydrogen-bond acceptors (Lipinski definition) is 3. The van der Waals surface area contributed by atoms with Gasteiger partial charge in [-0.05, 0) is 29.2 Å². The van der Waals surface area contributed by atoms with E-state index >= 15 is 0 Å². The van der Waals surface area contributed by atoms with E-state index in [0.29, 0.717) is 16.9 Å². The second-order valence-electron chi connectivity index (χ2n) is 6.28. The lowest BCUT2D eigenvalue weighted by atomic mass is 9.87. The fraction of sp³-hybridized carbons (Fsp3) is 0.235. The summed E-state index contributed by atoms with van der Waals surface area (Å²) in [6.07, 6.45) is 3.18. The Bertz CT molecular complexity index is 813. The van der Waals surface area contributed by atoms with E-state index in [1.54, 1.807) is 12.5 Å². The van der Waals surface area contributed by atoms with Crippen molar-refractivity contribution in [2.45, 2.75) is 26.2 Å². The summed E-state index contributed by atoms with van der Waals surface area (Å²) >= 11 is 0. The molecule has 22 heavy (non-hydrogen) atoms. The molecule has 0 unspecified atom stereocenters. The van der Waals surface area contributed by atoms with Crippen LogP contribution in [0.3, 0.4) is 0 Å². The summed E-state index contributed by atoms with van der Waals surface area (Å²) in [5.41, 5.74) is 3.96. The average molecular weight is 294 g/mol. The molecule has 0 bridgehead atoms. The van der Waals surface area contributed by atoms with Crippen LogP contribution in [-0.4, -0.2) is 20.9 Å². The molecule has 0 atom stereocenters. The van der Waals surface area contributed by atoms with Gasteiger partial charge in [-0.1, -0.05) is 32.9 Å². The molecule has 0 aliphatic carbocycles. The number of carbonyl (C=O) groups excluding carboxylic acids is 1. The molecule has 0 spiro atoms. The molecule has 0 saturated heterocycles. The van der Waals surface area contributed by atoms with Crippen molar-refractivity contribution in [2.24, 2.45) is 0 Å². The van der Waals surface area contributed by atoms with Crippen molar-refractivity contribution >= 4 is 22.8 Å². The maximum atomic E-state index is 12.3. The number of amides is 1. The minimum absolute atomic E-state index is 0.0740. The standard InChI is InChI=1S/C17H18N4O/c1-17(2,3)12-6-4-11(5-7-12)16(22)21-13-8-14-15(18-9-13)20-10-19-14/h4-10H,1-3H3,(H,21,22)(H,18,19,20). The van der Waals surface area contributed by atoms with Crippen LogP contribution in [0.2, 0.25) is 0 Å². The molecule has 0 aliphatic heterocycles. The van der Waals surface area contributed by atoms with Gasteiger partial charge in [0.05, 0.1) is 23.7 Å². The Morgan fingerprint density at radius 2 is 1.86 bits per heavy atom. The van der Waals surface area contributed by atoms with E-state index in [0.717, 1.165) is 5.52 Å². The van der Waals surface area contributed by atoms with Crippen LogP contribution < -0.4 is 5.32 Å². The summed E-state index contributed by atoms with van der Waals surface area (Å²) in [5.74, 6) is -0.152. The van der Waals surface area contributed by atoms with Crippen molar-refractivity contribution in [1.29, 1.82) is 0 Å². The largest absolute Gasteiger partial charge is 0.343 e. The van der Waals surface area contributed by atoms with Gasteiger partial charge in [-0.25, -0.2) is 9.97 Å². The van der Waals surface area contributed by atoms with Gasteiger partial charge in [-0.3, -0.25) is 4.79 Å². The van der Waals surface area contributed by atoms with Gasteiger partial charge in [0.25, 0.3) is 5.91 Å². The molecule has 0 radical (unpaired) electrons. The van der Waals surface area contributed by atoms with Gasteiger partial charge in [-0.2, -0.15) is 0 Å². The summed E-state index contributed by atoms with van der Waals surface area (Å²) in [5, 5.41) is 2.85. The van der Waals surface area contributed by atoms with Gasteiger partial charge in [0, 0.05) is 5.56 Å². The highest BCUT2D eigenvalue weighted by Crippen LogP contribution is 2.22. The molecule has 3 aromatic rings.